The molecular weight excluding hydrogens is 591 g/mol. The fourth-order valence-corrected chi connectivity index (χ4v) is 5.30. The van der Waals surface area contributed by atoms with Gasteiger partial charge in [-0.2, -0.15) is 26.7 Å². The molecule has 1 aromatic heterocycles. The van der Waals surface area contributed by atoms with Gasteiger partial charge in [-0.1, -0.05) is 23.7 Å². The monoisotopic (exact) mass is 623 g/mol. The predicted octanol–water partition coefficient (Wildman–Crippen LogP) is 6.62. The van der Waals surface area contributed by atoms with Gasteiger partial charge >= 0.3 is 12.1 Å². The van der Waals surface area contributed by atoms with Crippen molar-refractivity contribution in [3.05, 3.63) is 64.8 Å². The van der Waals surface area contributed by atoms with Gasteiger partial charge in [0.15, 0.2) is 0 Å². The number of carbonyl (C=O) groups is 3. The van der Waals surface area contributed by atoms with Crippen molar-refractivity contribution >= 4 is 59.3 Å². The molecule has 1 amide bonds. The summed E-state index contributed by atoms with van der Waals surface area (Å²) in [5, 5.41) is 7.22. The minimum absolute atomic E-state index is 0. The van der Waals surface area contributed by atoms with E-state index in [0.717, 1.165) is 11.6 Å². The molecule has 226 valence electrons. The van der Waals surface area contributed by atoms with Crippen LogP contribution in [0.3, 0.4) is 0 Å². The molecule has 4 rings (SSSR count). The molecule has 0 bridgehead atoms. The van der Waals surface area contributed by atoms with Crippen molar-refractivity contribution in [1.82, 2.24) is 10.3 Å². The summed E-state index contributed by atoms with van der Waals surface area (Å²) >= 11 is 6.11. The van der Waals surface area contributed by atoms with Gasteiger partial charge in [-0.05, 0) is 81.0 Å². The molecule has 0 spiro atoms. The Kier molecular flexibility index (Phi) is 11.3. The Hall–Kier alpha value is -3.31. The molecule has 0 aliphatic heterocycles. The van der Waals surface area contributed by atoms with Crippen molar-refractivity contribution in [2.24, 2.45) is 5.92 Å². The maximum atomic E-state index is 13.5. The summed E-state index contributed by atoms with van der Waals surface area (Å²) in [6.45, 7) is 2.76. The van der Waals surface area contributed by atoms with Crippen LogP contribution in [0.15, 0.2) is 48.5 Å². The minimum atomic E-state index is -4.59. The number of ketones is 1. The number of esters is 1. The van der Waals surface area contributed by atoms with Crippen LogP contribution in [-0.2, 0) is 27.0 Å². The van der Waals surface area contributed by atoms with E-state index in [-0.39, 0.29) is 49.2 Å². The second-order valence-corrected chi connectivity index (χ2v) is 10.9. The fraction of sp³-hybridized carbons (Fsp3) is 0.400. The lowest BCUT2D eigenvalue weighted by molar-refractivity contribution is -0.141. The number of halogens is 4. The molecule has 2 aromatic carbocycles. The van der Waals surface area contributed by atoms with E-state index in [4.69, 9.17) is 16.3 Å². The second kappa shape index (κ2) is 14.2. The van der Waals surface area contributed by atoms with Gasteiger partial charge in [-0.3, -0.25) is 9.59 Å². The molecular formula is C30H33ClF3N3O4S. The van der Waals surface area contributed by atoms with Gasteiger partial charge in [0, 0.05) is 47.4 Å². The molecule has 0 saturated heterocycles. The van der Waals surface area contributed by atoms with Crippen LogP contribution in [0, 0.1) is 5.92 Å². The summed E-state index contributed by atoms with van der Waals surface area (Å²) in [5.41, 5.74) is 0.371. The van der Waals surface area contributed by atoms with Crippen LogP contribution in [0.4, 0.5) is 18.9 Å². The van der Waals surface area contributed by atoms with Crippen molar-refractivity contribution in [1.29, 1.82) is 0 Å². The number of amides is 1. The standard InChI is InChI=1S/C30H31ClF3N3O4.H2S/c1-17(38)13-20(14-19-3-10-24(11-4-19)41-18(2)39)29(40)36-23-8-6-22(7-9-23)35-27-16-28(30(32,33)34)37-26-12-5-21(31)15-25(26)27;/h3-5,10-12,15-16,20,22-23H,6-9,13-14H2,1-2H3,(H,35,37)(H,36,40);1H2/t20-,22?,23?;/m0./s1. The zero-order chi connectivity index (χ0) is 29.7. The minimum Gasteiger partial charge on any atom is -0.427 e. The SMILES string of the molecule is CC(=O)C[C@@H](Cc1ccc(OC(C)=O)cc1)C(=O)NC1CCC(Nc2cc(C(F)(F)F)nc3ccc(Cl)cc23)CC1.S. The highest BCUT2D eigenvalue weighted by Gasteiger charge is 2.34. The van der Waals surface area contributed by atoms with E-state index in [1.807, 2.05) is 0 Å². The van der Waals surface area contributed by atoms with Gasteiger partial charge < -0.3 is 20.2 Å². The maximum absolute atomic E-state index is 13.5. The van der Waals surface area contributed by atoms with Crippen LogP contribution in [0.2, 0.25) is 5.02 Å². The van der Waals surface area contributed by atoms with E-state index < -0.39 is 23.8 Å². The third-order valence-electron chi connectivity index (χ3n) is 7.07. The number of aromatic nitrogens is 1. The third kappa shape index (κ3) is 9.09. The van der Waals surface area contributed by atoms with Gasteiger partial charge in [-0.15, -0.1) is 0 Å². The summed E-state index contributed by atoms with van der Waals surface area (Å²) in [4.78, 5) is 40.0. The van der Waals surface area contributed by atoms with Crippen molar-refractivity contribution in [2.75, 3.05) is 5.32 Å². The smallest absolute Gasteiger partial charge is 0.427 e. The normalized spacial score (nSPS) is 17.6. The Morgan fingerprint density at radius 2 is 1.64 bits per heavy atom. The fourth-order valence-electron chi connectivity index (χ4n) is 5.13. The van der Waals surface area contributed by atoms with Gasteiger partial charge in [0.25, 0.3) is 0 Å². The van der Waals surface area contributed by atoms with Crippen LogP contribution in [-0.4, -0.2) is 34.7 Å². The van der Waals surface area contributed by atoms with Crippen LogP contribution in [0.25, 0.3) is 10.9 Å². The zero-order valence-electron chi connectivity index (χ0n) is 23.2. The largest absolute Gasteiger partial charge is 0.433 e. The number of nitrogens with zero attached hydrogens (tertiary/aromatic N) is 1. The van der Waals surface area contributed by atoms with Crippen LogP contribution < -0.4 is 15.4 Å². The molecule has 1 aliphatic rings. The topological polar surface area (TPSA) is 97.4 Å². The number of fused-ring (bicyclic) bond motifs is 1. The number of Topliss-reactive ketones (excluding diaryl/α,β-unsaturated/α-hetero) is 1. The van der Waals surface area contributed by atoms with E-state index >= 15 is 0 Å². The first-order chi connectivity index (χ1) is 19.4. The number of anilines is 1. The number of hydrogen-bond acceptors (Lipinski definition) is 6. The summed E-state index contributed by atoms with van der Waals surface area (Å²) < 4.78 is 45.5. The van der Waals surface area contributed by atoms with E-state index in [1.54, 1.807) is 30.3 Å². The van der Waals surface area contributed by atoms with E-state index in [1.165, 1.54) is 26.0 Å². The molecule has 1 heterocycles. The number of rotatable bonds is 9. The molecule has 1 fully saturated rings. The highest BCUT2D eigenvalue weighted by atomic mass is 35.5. The van der Waals surface area contributed by atoms with Gasteiger partial charge in [-0.25, -0.2) is 4.98 Å². The van der Waals surface area contributed by atoms with Crippen LogP contribution >= 0.6 is 25.1 Å². The number of benzene rings is 2. The molecule has 1 aliphatic carbocycles. The molecule has 3 aromatic rings. The summed E-state index contributed by atoms with van der Waals surface area (Å²) in [6.07, 6.45) is -1.63. The highest BCUT2D eigenvalue weighted by Crippen LogP contribution is 2.35. The van der Waals surface area contributed by atoms with Gasteiger partial charge in [0.1, 0.15) is 17.2 Å². The number of carbonyl (C=O) groups excluding carboxylic acids is 3. The Balaban J connectivity index is 0.00000484. The molecule has 42 heavy (non-hydrogen) atoms. The number of hydrogen-bond donors (Lipinski definition) is 2. The Morgan fingerprint density at radius 1 is 1.00 bits per heavy atom. The first-order valence-electron chi connectivity index (χ1n) is 13.4. The molecule has 1 saturated carbocycles. The summed E-state index contributed by atoms with van der Waals surface area (Å²) in [6, 6.07) is 12.2. The predicted molar refractivity (Wildman–Crippen MR) is 160 cm³/mol. The first-order valence-corrected chi connectivity index (χ1v) is 13.8. The third-order valence-corrected chi connectivity index (χ3v) is 7.30. The molecule has 0 unspecified atom stereocenters. The maximum Gasteiger partial charge on any atom is 0.433 e. The summed E-state index contributed by atoms with van der Waals surface area (Å²) in [7, 11) is 0. The molecule has 7 nitrogen and oxygen atoms in total. The molecule has 2 N–H and O–H groups in total. The van der Waals surface area contributed by atoms with Gasteiger partial charge in [0.2, 0.25) is 5.91 Å². The number of pyridine rings is 1. The van der Waals surface area contributed by atoms with E-state index in [9.17, 15) is 27.6 Å². The van der Waals surface area contributed by atoms with Crippen LogP contribution in [0.5, 0.6) is 5.75 Å². The highest BCUT2D eigenvalue weighted by molar-refractivity contribution is 7.59. The molecule has 0 radical (unpaired) electrons. The van der Waals surface area contributed by atoms with Crippen molar-refractivity contribution in [2.45, 2.75) is 70.6 Å². The second-order valence-electron chi connectivity index (χ2n) is 10.5. The molecule has 1 atom stereocenters. The Bertz CT molecular complexity index is 1430. The summed E-state index contributed by atoms with van der Waals surface area (Å²) in [5.74, 6) is -0.905. The number of alkyl halides is 3. The first kappa shape index (κ1) is 33.2. The average Bonchev–Trinajstić information content (AvgIpc) is 2.89. The van der Waals surface area contributed by atoms with Crippen LogP contribution in [0.1, 0.15) is 57.2 Å². The lowest BCUT2D eigenvalue weighted by Gasteiger charge is -2.31. The quantitative estimate of drug-likeness (QED) is 0.205. The van der Waals surface area contributed by atoms with E-state index in [0.29, 0.717) is 53.9 Å². The van der Waals surface area contributed by atoms with Crippen molar-refractivity contribution in [3.8, 4) is 5.75 Å². The van der Waals surface area contributed by atoms with E-state index in [2.05, 4.69) is 15.6 Å². The zero-order valence-corrected chi connectivity index (χ0v) is 24.9. The Morgan fingerprint density at radius 3 is 2.24 bits per heavy atom. The number of ether oxygens (including phenoxy) is 1. The Labute approximate surface area is 254 Å². The average molecular weight is 624 g/mol. The van der Waals surface area contributed by atoms with Gasteiger partial charge in [0.05, 0.1) is 5.52 Å². The lowest BCUT2D eigenvalue weighted by atomic mass is 9.89. The molecule has 12 heteroatoms. The number of nitrogens with one attached hydrogen (secondary N) is 2. The lowest BCUT2D eigenvalue weighted by Crippen LogP contribution is -2.43. The van der Waals surface area contributed by atoms with Crippen molar-refractivity contribution < 1.29 is 32.3 Å². The van der Waals surface area contributed by atoms with Crippen molar-refractivity contribution in [3.63, 3.8) is 0 Å².